The van der Waals surface area contributed by atoms with Crippen LogP contribution in [-0.2, 0) is 6.42 Å². The zero-order chi connectivity index (χ0) is 17.7. The summed E-state index contributed by atoms with van der Waals surface area (Å²) in [5, 5.41) is 1.21. The Hall–Kier alpha value is -3.20. The van der Waals surface area contributed by atoms with Crippen molar-refractivity contribution in [2.24, 2.45) is 4.99 Å². The maximum Gasteiger partial charge on any atom is 0.0671 e. The van der Waals surface area contributed by atoms with Crippen LogP contribution in [0.15, 0.2) is 65.8 Å². The molecule has 26 heavy (non-hydrogen) atoms. The van der Waals surface area contributed by atoms with Crippen LogP contribution in [0.3, 0.4) is 0 Å². The highest BCUT2D eigenvalue weighted by atomic mass is 14.8. The van der Waals surface area contributed by atoms with Crippen molar-refractivity contribution in [3.8, 4) is 22.4 Å². The van der Waals surface area contributed by atoms with Crippen molar-refractivity contribution in [2.45, 2.75) is 20.3 Å². The number of hydrogen-bond acceptors (Lipinski definition) is 2. The first-order valence-electron chi connectivity index (χ1n) is 8.89. The third-order valence-electron chi connectivity index (χ3n) is 5.00. The van der Waals surface area contributed by atoms with Crippen LogP contribution in [-0.4, -0.2) is 15.7 Å². The second-order valence-corrected chi connectivity index (χ2v) is 7.04. The summed E-state index contributed by atoms with van der Waals surface area (Å²) in [6.07, 6.45) is 2.83. The van der Waals surface area contributed by atoms with Gasteiger partial charge in [-0.3, -0.25) is 9.98 Å². The average molecular weight is 337 g/mol. The second kappa shape index (κ2) is 5.67. The van der Waals surface area contributed by atoms with E-state index in [0.717, 1.165) is 34.6 Å². The Morgan fingerprint density at radius 1 is 0.846 bits per heavy atom. The van der Waals surface area contributed by atoms with E-state index < -0.39 is 0 Å². The zero-order valence-corrected chi connectivity index (χ0v) is 14.9. The summed E-state index contributed by atoms with van der Waals surface area (Å²) in [6, 6.07) is 19.5. The van der Waals surface area contributed by atoms with Crippen LogP contribution in [0.1, 0.15) is 18.2 Å². The molecular weight excluding hydrogens is 318 g/mol. The topological polar surface area (TPSA) is 41.0 Å². The van der Waals surface area contributed by atoms with E-state index in [9.17, 15) is 0 Å². The largest absolute Gasteiger partial charge is 0.355 e. The summed E-state index contributed by atoms with van der Waals surface area (Å²) in [5.74, 6) is 0. The fraction of sp³-hybridized carbons (Fsp3) is 0.130. The Morgan fingerprint density at radius 3 is 2.58 bits per heavy atom. The molecule has 4 aromatic rings. The van der Waals surface area contributed by atoms with Gasteiger partial charge in [0.05, 0.1) is 5.69 Å². The van der Waals surface area contributed by atoms with E-state index in [0.29, 0.717) is 0 Å². The van der Waals surface area contributed by atoms with Crippen LogP contribution >= 0.6 is 0 Å². The number of aryl methyl sites for hydroxylation is 1. The molecule has 0 atom stereocenters. The van der Waals surface area contributed by atoms with E-state index in [2.05, 4.69) is 70.4 Å². The van der Waals surface area contributed by atoms with E-state index in [1.807, 2.05) is 19.2 Å². The molecule has 1 N–H and O–H groups in total. The van der Waals surface area contributed by atoms with E-state index >= 15 is 0 Å². The number of aliphatic imine (C=N–C) groups is 1. The minimum atomic E-state index is 0.973. The highest BCUT2D eigenvalue weighted by molar-refractivity contribution is 5.94. The number of aromatic amines is 1. The molecule has 1 aliphatic rings. The normalized spacial score (nSPS) is 13.1. The quantitative estimate of drug-likeness (QED) is 0.489. The van der Waals surface area contributed by atoms with Gasteiger partial charge in [0.2, 0.25) is 0 Å². The van der Waals surface area contributed by atoms with Crippen LogP contribution in [0.4, 0.5) is 5.69 Å². The predicted molar refractivity (Wildman–Crippen MR) is 108 cm³/mol. The molecule has 0 saturated heterocycles. The van der Waals surface area contributed by atoms with Crippen molar-refractivity contribution in [1.29, 1.82) is 0 Å². The number of nitrogens with one attached hydrogen (secondary N) is 1. The molecule has 0 bridgehead atoms. The van der Waals surface area contributed by atoms with Crippen LogP contribution in [0.5, 0.6) is 0 Å². The molecule has 0 saturated carbocycles. The molecule has 2 aromatic carbocycles. The Bertz CT molecular complexity index is 1180. The smallest absolute Gasteiger partial charge is 0.0671 e. The monoisotopic (exact) mass is 337 g/mol. The van der Waals surface area contributed by atoms with Gasteiger partial charge in [0.1, 0.15) is 0 Å². The van der Waals surface area contributed by atoms with Crippen LogP contribution in [0.25, 0.3) is 33.3 Å². The second-order valence-electron chi connectivity index (χ2n) is 7.04. The lowest BCUT2D eigenvalue weighted by Gasteiger charge is -2.04. The van der Waals surface area contributed by atoms with Gasteiger partial charge in [-0.25, -0.2) is 0 Å². The van der Waals surface area contributed by atoms with Crippen LogP contribution < -0.4 is 0 Å². The van der Waals surface area contributed by atoms with E-state index in [1.54, 1.807) is 0 Å². The lowest BCUT2D eigenvalue weighted by Crippen LogP contribution is -1.88. The molecule has 0 aliphatic carbocycles. The molecule has 2 aromatic heterocycles. The zero-order valence-electron chi connectivity index (χ0n) is 14.9. The number of fused-ring (bicyclic) bond motifs is 2. The van der Waals surface area contributed by atoms with Gasteiger partial charge in [-0.15, -0.1) is 0 Å². The average Bonchev–Trinajstić information content (AvgIpc) is 3.22. The summed E-state index contributed by atoms with van der Waals surface area (Å²) < 4.78 is 0. The molecule has 1 aliphatic heterocycles. The molecule has 0 unspecified atom stereocenters. The molecule has 0 fully saturated rings. The molecular formula is C23H19N3. The third kappa shape index (κ3) is 2.53. The Kier molecular flexibility index (Phi) is 3.29. The number of pyridine rings is 1. The number of aromatic nitrogens is 2. The predicted octanol–water partition coefficient (Wildman–Crippen LogP) is 5.85. The summed E-state index contributed by atoms with van der Waals surface area (Å²) >= 11 is 0. The first-order valence-corrected chi connectivity index (χ1v) is 8.89. The van der Waals surface area contributed by atoms with E-state index in [-0.39, 0.29) is 0 Å². The lowest BCUT2D eigenvalue weighted by atomic mass is 10.0. The minimum absolute atomic E-state index is 0.973. The number of hydrogen-bond donors (Lipinski definition) is 1. The van der Waals surface area contributed by atoms with Gasteiger partial charge in [-0.05, 0) is 66.9 Å². The van der Waals surface area contributed by atoms with Crippen molar-refractivity contribution in [3.63, 3.8) is 0 Å². The first-order chi connectivity index (χ1) is 12.7. The molecule has 0 spiro atoms. The van der Waals surface area contributed by atoms with Crippen LogP contribution in [0.2, 0.25) is 0 Å². The molecule has 3 heterocycles. The maximum atomic E-state index is 4.66. The molecule has 0 amide bonds. The first kappa shape index (κ1) is 15.1. The standard InChI is InChI=1S/C23H19N3/c1-14-9-19(7-8-24-14)23-13-20-11-16(5-6-21(20)26-23)17-3-4-18-10-15(2)25-22(18)12-17/h3-9,11-13,26H,10H2,1-2H3. The van der Waals surface area contributed by atoms with Crippen molar-refractivity contribution >= 4 is 22.3 Å². The lowest BCUT2D eigenvalue weighted by molar-refractivity contribution is 1.20. The highest BCUT2D eigenvalue weighted by Gasteiger charge is 2.12. The summed E-state index contributed by atoms with van der Waals surface area (Å²) in [4.78, 5) is 12.5. The minimum Gasteiger partial charge on any atom is -0.355 e. The molecule has 0 radical (unpaired) electrons. The number of H-pyrrole nitrogens is 1. The fourth-order valence-electron chi connectivity index (χ4n) is 3.70. The Balaban J connectivity index is 1.57. The SMILES string of the molecule is CC1=Nc2cc(-c3ccc4[nH]c(-c5ccnc(C)c5)cc4c3)ccc2C1. The Morgan fingerprint density at radius 2 is 1.69 bits per heavy atom. The van der Waals surface area contributed by atoms with Gasteiger partial charge < -0.3 is 4.98 Å². The van der Waals surface area contributed by atoms with Crippen molar-refractivity contribution in [2.75, 3.05) is 0 Å². The van der Waals surface area contributed by atoms with Gasteiger partial charge in [-0.1, -0.05) is 18.2 Å². The summed E-state index contributed by atoms with van der Waals surface area (Å²) in [6.45, 7) is 4.11. The van der Waals surface area contributed by atoms with E-state index in [4.69, 9.17) is 0 Å². The van der Waals surface area contributed by atoms with Gasteiger partial charge in [0, 0.05) is 46.2 Å². The number of nitrogens with zero attached hydrogens (tertiary/aromatic N) is 2. The Labute approximate surface area is 152 Å². The van der Waals surface area contributed by atoms with Crippen molar-refractivity contribution in [3.05, 3.63) is 72.1 Å². The molecule has 126 valence electrons. The highest BCUT2D eigenvalue weighted by Crippen LogP contribution is 2.34. The van der Waals surface area contributed by atoms with Crippen LogP contribution in [0, 0.1) is 6.92 Å². The van der Waals surface area contributed by atoms with Gasteiger partial charge in [-0.2, -0.15) is 0 Å². The van der Waals surface area contributed by atoms with Crippen molar-refractivity contribution < 1.29 is 0 Å². The summed E-state index contributed by atoms with van der Waals surface area (Å²) in [5.41, 5.74) is 10.5. The molecule has 5 rings (SSSR count). The number of rotatable bonds is 2. The van der Waals surface area contributed by atoms with Crippen molar-refractivity contribution in [1.82, 2.24) is 9.97 Å². The van der Waals surface area contributed by atoms with Gasteiger partial charge in [0.15, 0.2) is 0 Å². The van der Waals surface area contributed by atoms with E-state index in [1.165, 1.54) is 27.8 Å². The summed E-state index contributed by atoms with van der Waals surface area (Å²) in [7, 11) is 0. The van der Waals surface area contributed by atoms with Gasteiger partial charge >= 0.3 is 0 Å². The molecule has 3 heteroatoms. The molecule has 3 nitrogen and oxygen atoms in total. The number of benzene rings is 2. The van der Waals surface area contributed by atoms with Gasteiger partial charge in [0.25, 0.3) is 0 Å². The fourth-order valence-corrected chi connectivity index (χ4v) is 3.70. The maximum absolute atomic E-state index is 4.66. The third-order valence-corrected chi connectivity index (χ3v) is 5.00.